The second-order valence-electron chi connectivity index (χ2n) is 5.75. The van der Waals surface area contributed by atoms with Crippen LogP contribution < -0.4 is 0 Å². The van der Waals surface area contributed by atoms with Crippen LogP contribution in [0.4, 0.5) is 0 Å². The molecule has 0 saturated carbocycles. The summed E-state index contributed by atoms with van der Waals surface area (Å²) in [5.41, 5.74) is 0. The van der Waals surface area contributed by atoms with Crippen molar-refractivity contribution in [2.45, 2.75) is 62.9 Å². The van der Waals surface area contributed by atoms with Gasteiger partial charge >= 0.3 is 0 Å². The topological polar surface area (TPSA) is 140 Å². The van der Waals surface area contributed by atoms with Gasteiger partial charge in [0.2, 0.25) is 0 Å². The minimum Gasteiger partial charge on any atom is -0.396 e. The quantitative estimate of drug-likeness (QED) is 0.176. The molecule has 27 heavy (non-hydrogen) atoms. The predicted octanol–water partition coefficient (Wildman–Crippen LogP) is -1.60. The fourth-order valence-electron chi connectivity index (χ4n) is 2.12. The molecule has 0 aliphatic carbocycles. The van der Waals surface area contributed by atoms with Gasteiger partial charge in [-0.25, -0.2) is 0 Å². The lowest BCUT2D eigenvalue weighted by atomic mass is 10.0. The highest BCUT2D eigenvalue weighted by Gasteiger charge is 2.44. The normalized spacial score (nSPS) is 30.4. The Bertz CT molecular complexity index is 609. The molecule has 0 amide bonds. The first-order valence-corrected chi connectivity index (χ1v) is 8.53. The Kier molecular flexibility index (Phi) is 10.9. The van der Waals surface area contributed by atoms with Crippen LogP contribution in [0, 0.1) is 23.7 Å². The van der Waals surface area contributed by atoms with Crippen LogP contribution in [-0.2, 0) is 9.47 Å². The van der Waals surface area contributed by atoms with Crippen molar-refractivity contribution in [2.24, 2.45) is 0 Å². The summed E-state index contributed by atoms with van der Waals surface area (Å²) in [6.07, 6.45) is -3.26. The fraction of sp³-hybridized carbons (Fsp3) is 0.579. The maximum absolute atomic E-state index is 10.2. The van der Waals surface area contributed by atoms with E-state index in [1.54, 1.807) is 25.2 Å². The molecule has 1 aliphatic heterocycles. The molecule has 1 aliphatic rings. The van der Waals surface area contributed by atoms with Crippen LogP contribution in [0.1, 0.15) is 19.8 Å². The summed E-state index contributed by atoms with van der Waals surface area (Å²) in [7, 11) is 0. The molecule has 0 aromatic heterocycles. The van der Waals surface area contributed by atoms with Gasteiger partial charge in [0.05, 0.1) is 0 Å². The van der Waals surface area contributed by atoms with E-state index in [2.05, 4.69) is 23.7 Å². The molecule has 0 spiro atoms. The molecule has 0 aromatic carbocycles. The second-order valence-corrected chi connectivity index (χ2v) is 5.75. The lowest BCUT2D eigenvalue weighted by molar-refractivity contribution is -0.347. The van der Waals surface area contributed by atoms with Crippen molar-refractivity contribution in [1.82, 2.24) is 0 Å². The Labute approximate surface area is 158 Å². The summed E-state index contributed by atoms with van der Waals surface area (Å²) < 4.78 is 10.4. The molecular formula is C19H26O8. The maximum Gasteiger partial charge on any atom is 0.190 e. The first-order valence-electron chi connectivity index (χ1n) is 8.53. The van der Waals surface area contributed by atoms with E-state index in [4.69, 9.17) is 14.6 Å². The molecule has 7 atom stereocenters. The van der Waals surface area contributed by atoms with Crippen LogP contribution in [-0.4, -0.2) is 80.3 Å². The number of aliphatic hydroxyl groups is 6. The number of allylic oxidation sites excluding steroid dienone is 3. The number of aliphatic hydroxyl groups excluding tert-OH is 6. The molecular weight excluding hydrogens is 356 g/mol. The second kappa shape index (κ2) is 12.6. The van der Waals surface area contributed by atoms with Gasteiger partial charge in [0.15, 0.2) is 12.6 Å². The van der Waals surface area contributed by atoms with Gasteiger partial charge in [-0.3, -0.25) is 0 Å². The largest absolute Gasteiger partial charge is 0.396 e. The van der Waals surface area contributed by atoms with Crippen LogP contribution in [0.15, 0.2) is 24.3 Å². The zero-order valence-corrected chi connectivity index (χ0v) is 15.0. The predicted molar refractivity (Wildman–Crippen MR) is 95.6 cm³/mol. The van der Waals surface area contributed by atoms with E-state index >= 15 is 0 Å². The molecule has 1 heterocycles. The number of ether oxygens (including phenoxy) is 2. The van der Waals surface area contributed by atoms with Gasteiger partial charge in [0.1, 0.15) is 30.5 Å². The molecule has 150 valence electrons. The summed E-state index contributed by atoms with van der Waals surface area (Å²) in [4.78, 5) is 0. The van der Waals surface area contributed by atoms with Gasteiger partial charge in [0, 0.05) is 6.61 Å². The summed E-state index contributed by atoms with van der Waals surface area (Å²) in [5, 5.41) is 57.8. The Morgan fingerprint density at radius 3 is 2.52 bits per heavy atom. The molecule has 0 radical (unpaired) electrons. The third kappa shape index (κ3) is 7.81. The third-order valence-electron chi connectivity index (χ3n) is 3.61. The van der Waals surface area contributed by atoms with Crippen LogP contribution in [0.25, 0.3) is 0 Å². The van der Waals surface area contributed by atoms with Crippen LogP contribution in [0.3, 0.4) is 0 Å². The van der Waals surface area contributed by atoms with E-state index < -0.39 is 43.1 Å². The third-order valence-corrected chi connectivity index (χ3v) is 3.61. The van der Waals surface area contributed by atoms with Crippen LogP contribution >= 0.6 is 0 Å². The average molecular weight is 382 g/mol. The van der Waals surface area contributed by atoms with E-state index in [-0.39, 0.29) is 6.61 Å². The molecule has 0 unspecified atom stereocenters. The maximum atomic E-state index is 10.2. The summed E-state index contributed by atoms with van der Waals surface area (Å²) in [6.45, 7) is 1.80. The number of hydrogen-bond acceptors (Lipinski definition) is 8. The van der Waals surface area contributed by atoms with Crippen molar-refractivity contribution in [2.75, 3.05) is 6.61 Å². The molecule has 1 rings (SSSR count). The van der Waals surface area contributed by atoms with Crippen molar-refractivity contribution in [3.8, 4) is 23.7 Å². The van der Waals surface area contributed by atoms with Gasteiger partial charge in [-0.15, -0.1) is 0 Å². The Balaban J connectivity index is 2.87. The van der Waals surface area contributed by atoms with Gasteiger partial charge in [0.25, 0.3) is 0 Å². The van der Waals surface area contributed by atoms with Crippen molar-refractivity contribution < 1.29 is 40.1 Å². The van der Waals surface area contributed by atoms with Crippen molar-refractivity contribution in [3.05, 3.63) is 24.3 Å². The zero-order chi connectivity index (χ0) is 20.2. The van der Waals surface area contributed by atoms with Gasteiger partial charge in [-0.2, -0.15) is 0 Å². The minimum absolute atomic E-state index is 0.000514. The van der Waals surface area contributed by atoms with Gasteiger partial charge in [-0.1, -0.05) is 30.1 Å². The number of rotatable bonds is 7. The van der Waals surface area contributed by atoms with Crippen LogP contribution in [0.5, 0.6) is 0 Å². The highest BCUT2D eigenvalue weighted by molar-refractivity contribution is 5.32. The van der Waals surface area contributed by atoms with Crippen molar-refractivity contribution >= 4 is 0 Å². The average Bonchev–Trinajstić information content (AvgIpc) is 2.66. The minimum atomic E-state index is -1.76. The highest BCUT2D eigenvalue weighted by Crippen LogP contribution is 2.22. The van der Waals surface area contributed by atoms with Crippen molar-refractivity contribution in [1.29, 1.82) is 0 Å². The van der Waals surface area contributed by atoms with Crippen molar-refractivity contribution in [3.63, 3.8) is 0 Å². The highest BCUT2D eigenvalue weighted by atomic mass is 16.7. The van der Waals surface area contributed by atoms with E-state index in [1.807, 2.05) is 0 Å². The van der Waals surface area contributed by atoms with E-state index in [9.17, 15) is 25.5 Å². The van der Waals surface area contributed by atoms with E-state index in [0.29, 0.717) is 12.8 Å². The molecule has 8 nitrogen and oxygen atoms in total. The summed E-state index contributed by atoms with van der Waals surface area (Å²) in [5.74, 6) is 10.1. The van der Waals surface area contributed by atoms with E-state index in [0.717, 1.165) is 0 Å². The summed E-state index contributed by atoms with van der Waals surface area (Å²) >= 11 is 0. The SMILES string of the molecule is C/C=C/C#CC#C[C@H](O)[C@@H](/C=C/CCCO)O[C@@H]1O[C@H](O)[C@@H](O)[C@H](O)[C@H]1O. The first-order chi connectivity index (χ1) is 12.9. The first kappa shape index (κ1) is 23.3. The zero-order valence-electron chi connectivity index (χ0n) is 15.0. The Hall–Kier alpha value is -1.72. The molecule has 1 saturated heterocycles. The number of hydrogen-bond donors (Lipinski definition) is 6. The standard InChI is InChI=1S/C19H26O8/c1-2-3-4-5-7-10-13(21)14(11-8-6-9-12-20)26-19-17(24)15(22)16(23)18(25)27-19/h2-3,8,11,13-25H,6,9,12H2,1H3/b3-2+,11-8+/t13-,14+,15-,16-,17+,18-,19+/m0/s1. The number of unbranched alkanes of at least 4 members (excludes halogenated alkanes) is 1. The lowest BCUT2D eigenvalue weighted by Crippen LogP contribution is -2.59. The Morgan fingerprint density at radius 1 is 1.11 bits per heavy atom. The molecule has 1 fully saturated rings. The summed E-state index contributed by atoms with van der Waals surface area (Å²) in [6, 6.07) is 0. The van der Waals surface area contributed by atoms with E-state index in [1.165, 1.54) is 6.08 Å². The van der Waals surface area contributed by atoms with Gasteiger partial charge in [-0.05, 0) is 37.7 Å². The molecule has 0 bridgehead atoms. The Morgan fingerprint density at radius 2 is 1.85 bits per heavy atom. The van der Waals surface area contributed by atoms with Crippen LogP contribution in [0.2, 0.25) is 0 Å². The molecule has 8 heteroatoms. The smallest absolute Gasteiger partial charge is 0.190 e. The monoisotopic (exact) mass is 382 g/mol. The fourth-order valence-corrected chi connectivity index (χ4v) is 2.12. The lowest BCUT2D eigenvalue weighted by Gasteiger charge is -2.39. The van der Waals surface area contributed by atoms with Gasteiger partial charge < -0.3 is 40.1 Å². The molecule has 6 N–H and O–H groups in total. The molecule has 0 aromatic rings.